The normalized spacial score (nSPS) is 85.2. The molecule has 0 aromatic rings. The van der Waals surface area contributed by atoms with Crippen LogP contribution in [0.4, 0.5) is 0 Å². The van der Waals surface area contributed by atoms with Gasteiger partial charge in [-0.2, -0.15) is 0 Å². The maximum atomic E-state index is 6.34. The smallest absolute Gasteiger partial charge is 0.0107 e. The monoisotopic (exact) mass is 161 g/mol. The highest BCUT2D eigenvalue weighted by atomic mass is 14.9. The fourth-order valence-corrected chi connectivity index (χ4v) is 6.69. The molecule has 0 spiro atoms. The van der Waals surface area contributed by atoms with Gasteiger partial charge in [0.25, 0.3) is 0 Å². The lowest BCUT2D eigenvalue weighted by molar-refractivity contribution is 0.132. The molecule has 9 atom stereocenters. The van der Waals surface area contributed by atoms with E-state index in [9.17, 15) is 0 Å². The molecule has 0 radical (unpaired) electrons. The van der Waals surface area contributed by atoms with E-state index in [0.29, 0.717) is 6.04 Å². The summed E-state index contributed by atoms with van der Waals surface area (Å²) in [6.07, 6.45) is 3.18. The Bertz CT molecular complexity index is 251. The molecular weight excluding hydrogens is 146 g/mol. The van der Waals surface area contributed by atoms with Crippen LogP contribution < -0.4 is 5.73 Å². The average Bonchev–Trinajstić information content (AvgIpc) is 2.68. The molecular formula is C11H15N. The van der Waals surface area contributed by atoms with Crippen LogP contribution in [0.3, 0.4) is 0 Å². The van der Waals surface area contributed by atoms with Crippen LogP contribution in [-0.4, -0.2) is 6.04 Å². The predicted octanol–water partition coefficient (Wildman–Crippen LogP) is 1.09. The molecule has 12 heavy (non-hydrogen) atoms. The largest absolute Gasteiger partial charge is 0.327 e. The molecule has 0 aromatic carbocycles. The van der Waals surface area contributed by atoms with Crippen molar-refractivity contribution in [2.75, 3.05) is 0 Å². The van der Waals surface area contributed by atoms with E-state index in [0.717, 1.165) is 35.5 Å². The molecule has 6 rings (SSSR count). The Balaban J connectivity index is 1.89. The van der Waals surface area contributed by atoms with Crippen molar-refractivity contribution in [3.8, 4) is 0 Å². The summed E-state index contributed by atoms with van der Waals surface area (Å²) in [6.45, 7) is 0. The Morgan fingerprint density at radius 1 is 0.667 bits per heavy atom. The van der Waals surface area contributed by atoms with Crippen molar-refractivity contribution in [3.63, 3.8) is 0 Å². The molecule has 2 N–H and O–H groups in total. The molecule has 0 amide bonds. The number of nitrogens with two attached hydrogens (primary N) is 1. The molecule has 0 aliphatic heterocycles. The molecule has 6 bridgehead atoms. The zero-order valence-electron chi connectivity index (χ0n) is 7.19. The summed E-state index contributed by atoms with van der Waals surface area (Å²) in [5.74, 6) is 8.84. The van der Waals surface area contributed by atoms with Gasteiger partial charge in [0.1, 0.15) is 0 Å². The Labute approximate surface area is 72.7 Å². The lowest BCUT2D eigenvalue weighted by atomic mass is 9.71. The Morgan fingerprint density at radius 2 is 1.17 bits per heavy atom. The second-order valence-corrected chi connectivity index (χ2v) is 6.01. The highest BCUT2D eigenvalue weighted by Crippen LogP contribution is 2.82. The molecule has 6 aliphatic rings. The minimum absolute atomic E-state index is 0.646. The first-order valence-electron chi connectivity index (χ1n) is 5.63. The third-order valence-electron chi connectivity index (χ3n) is 6.38. The van der Waals surface area contributed by atoms with Gasteiger partial charge in [0.05, 0.1) is 0 Å². The third kappa shape index (κ3) is 0.296. The van der Waals surface area contributed by atoms with Crippen molar-refractivity contribution >= 4 is 0 Å². The lowest BCUT2D eigenvalue weighted by Crippen LogP contribution is -2.30. The zero-order valence-corrected chi connectivity index (χ0v) is 7.19. The van der Waals surface area contributed by atoms with Crippen LogP contribution >= 0.6 is 0 Å². The van der Waals surface area contributed by atoms with E-state index in [1.165, 1.54) is 11.8 Å². The molecule has 6 saturated carbocycles. The first-order valence-corrected chi connectivity index (χ1v) is 5.63. The second-order valence-electron chi connectivity index (χ2n) is 6.01. The standard InChI is InChI=1S/C11H15N/c12-11-9-5-1-3-4-2-6(7(3)9)10(11)8(4)5/h3-11H,1-2,12H2/t3-,4+,5-,6-,7+,8-,9-,10-,11?/m1/s1. The van der Waals surface area contributed by atoms with Crippen LogP contribution in [0.5, 0.6) is 0 Å². The Hall–Kier alpha value is -0.0400. The average molecular weight is 161 g/mol. The first kappa shape index (κ1) is 5.64. The van der Waals surface area contributed by atoms with Gasteiger partial charge >= 0.3 is 0 Å². The van der Waals surface area contributed by atoms with E-state index in [-0.39, 0.29) is 0 Å². The molecule has 1 unspecified atom stereocenters. The van der Waals surface area contributed by atoms with Crippen molar-refractivity contribution in [2.24, 2.45) is 53.1 Å². The molecule has 0 aromatic heterocycles. The zero-order chi connectivity index (χ0) is 7.61. The number of hydrogen-bond donors (Lipinski definition) is 1. The summed E-state index contributed by atoms with van der Waals surface area (Å²) in [6, 6.07) is 0.646. The summed E-state index contributed by atoms with van der Waals surface area (Å²) in [5.41, 5.74) is 6.34. The van der Waals surface area contributed by atoms with Gasteiger partial charge in [-0.25, -0.2) is 0 Å². The molecule has 1 nitrogen and oxygen atoms in total. The van der Waals surface area contributed by atoms with Crippen molar-refractivity contribution in [1.29, 1.82) is 0 Å². The highest BCUT2D eigenvalue weighted by molar-refractivity contribution is 5.28. The quantitative estimate of drug-likeness (QED) is 0.565. The summed E-state index contributed by atoms with van der Waals surface area (Å²) >= 11 is 0. The van der Waals surface area contributed by atoms with Crippen molar-refractivity contribution in [2.45, 2.75) is 18.9 Å². The van der Waals surface area contributed by atoms with Crippen LogP contribution in [0, 0.1) is 47.3 Å². The molecule has 0 saturated heterocycles. The Morgan fingerprint density at radius 3 is 1.67 bits per heavy atom. The second kappa shape index (κ2) is 1.30. The summed E-state index contributed by atoms with van der Waals surface area (Å²) < 4.78 is 0. The van der Waals surface area contributed by atoms with Gasteiger partial charge < -0.3 is 5.73 Å². The van der Waals surface area contributed by atoms with Crippen molar-refractivity contribution in [1.82, 2.24) is 0 Å². The maximum absolute atomic E-state index is 6.34. The summed E-state index contributed by atoms with van der Waals surface area (Å²) in [4.78, 5) is 0. The fourth-order valence-electron chi connectivity index (χ4n) is 6.69. The van der Waals surface area contributed by atoms with E-state index in [1.54, 1.807) is 12.8 Å². The minimum atomic E-state index is 0.646. The SMILES string of the molecule is NC1[C@@H]2[C@@H]3C[C@H]4[C@H]5C[C@@H]([C@@H]1[C@@H]53)[C@@H]42. The summed E-state index contributed by atoms with van der Waals surface area (Å²) in [5, 5.41) is 0. The number of rotatable bonds is 0. The van der Waals surface area contributed by atoms with Crippen molar-refractivity contribution in [3.05, 3.63) is 0 Å². The maximum Gasteiger partial charge on any atom is 0.0107 e. The van der Waals surface area contributed by atoms with Gasteiger partial charge in [-0.15, -0.1) is 0 Å². The van der Waals surface area contributed by atoms with E-state index in [2.05, 4.69) is 0 Å². The van der Waals surface area contributed by atoms with Crippen LogP contribution in [0.25, 0.3) is 0 Å². The molecule has 64 valence electrons. The van der Waals surface area contributed by atoms with E-state index in [4.69, 9.17) is 5.73 Å². The number of hydrogen-bond acceptors (Lipinski definition) is 1. The van der Waals surface area contributed by atoms with Gasteiger partial charge in [0.15, 0.2) is 0 Å². The third-order valence-corrected chi connectivity index (χ3v) is 6.38. The van der Waals surface area contributed by atoms with Gasteiger partial charge in [0.2, 0.25) is 0 Å². The van der Waals surface area contributed by atoms with Crippen LogP contribution in [0.2, 0.25) is 0 Å². The van der Waals surface area contributed by atoms with E-state index < -0.39 is 0 Å². The minimum Gasteiger partial charge on any atom is -0.327 e. The summed E-state index contributed by atoms with van der Waals surface area (Å²) in [7, 11) is 0. The van der Waals surface area contributed by atoms with Gasteiger partial charge in [0, 0.05) is 6.04 Å². The first-order chi connectivity index (χ1) is 5.88. The Kier molecular flexibility index (Phi) is 0.609. The predicted molar refractivity (Wildman–Crippen MR) is 45.1 cm³/mol. The topological polar surface area (TPSA) is 26.0 Å². The highest BCUT2D eigenvalue weighted by Gasteiger charge is 2.79. The van der Waals surface area contributed by atoms with Gasteiger partial charge in [-0.1, -0.05) is 0 Å². The van der Waals surface area contributed by atoms with Crippen LogP contribution in [0.15, 0.2) is 0 Å². The van der Waals surface area contributed by atoms with Crippen molar-refractivity contribution < 1.29 is 0 Å². The van der Waals surface area contributed by atoms with E-state index >= 15 is 0 Å². The van der Waals surface area contributed by atoms with E-state index in [1.807, 2.05) is 0 Å². The van der Waals surface area contributed by atoms with Gasteiger partial charge in [-0.3, -0.25) is 0 Å². The lowest BCUT2D eigenvalue weighted by Gasteiger charge is -2.33. The molecule has 6 fully saturated rings. The van der Waals surface area contributed by atoms with Crippen LogP contribution in [-0.2, 0) is 0 Å². The molecule has 0 heterocycles. The van der Waals surface area contributed by atoms with Gasteiger partial charge in [-0.05, 0) is 60.2 Å². The van der Waals surface area contributed by atoms with Crippen LogP contribution in [0.1, 0.15) is 12.8 Å². The molecule has 6 aliphatic carbocycles. The molecule has 1 heteroatoms. The fraction of sp³-hybridized carbons (Fsp3) is 1.00.